The summed E-state index contributed by atoms with van der Waals surface area (Å²) in [4.78, 5) is 33.0. The summed E-state index contributed by atoms with van der Waals surface area (Å²) >= 11 is 0. The maximum atomic E-state index is 15.1. The molecular weight excluding hydrogens is 559 g/mol. The Morgan fingerprint density at radius 2 is 1.86 bits per heavy atom. The van der Waals surface area contributed by atoms with E-state index in [0.717, 1.165) is 48.3 Å². The summed E-state index contributed by atoms with van der Waals surface area (Å²) in [5.74, 6) is -2.38. The minimum Gasteiger partial charge on any atom is -0.481 e. The number of aliphatic hydroxyl groups is 2. The van der Waals surface area contributed by atoms with Crippen LogP contribution in [-0.4, -0.2) is 102 Å². The van der Waals surface area contributed by atoms with Crippen LogP contribution < -0.4 is 4.90 Å². The van der Waals surface area contributed by atoms with Gasteiger partial charge < -0.3 is 30.2 Å². The first-order valence-electron chi connectivity index (χ1n) is 14.2. The molecule has 0 radical (unpaired) electrons. The van der Waals surface area contributed by atoms with Crippen LogP contribution in [-0.2, 0) is 16.0 Å². The van der Waals surface area contributed by atoms with Gasteiger partial charge >= 0.3 is 11.9 Å². The smallest absolute Gasteiger partial charge is 0.333 e. The van der Waals surface area contributed by atoms with E-state index in [-0.39, 0.29) is 18.5 Å². The van der Waals surface area contributed by atoms with E-state index in [1.165, 1.54) is 0 Å². The number of rotatable bonds is 11. The number of carbonyl (C=O) groups is 2. The molecule has 0 aliphatic carbocycles. The predicted octanol–water partition coefficient (Wildman–Crippen LogP) is 2.76. The number of aromatic nitrogens is 4. The first-order valence-corrected chi connectivity index (χ1v) is 14.2. The Hall–Kier alpha value is -3.94. The third kappa shape index (κ3) is 9.53. The molecule has 3 heterocycles. The van der Waals surface area contributed by atoms with Crippen molar-refractivity contribution in [2.45, 2.75) is 64.6 Å². The maximum Gasteiger partial charge on any atom is 0.333 e. The zero-order chi connectivity index (χ0) is 31.7. The number of hydrogen-bond donors (Lipinski definition) is 4. The number of halogens is 1. The maximum absolute atomic E-state index is 15.1. The number of piperidine rings is 1. The van der Waals surface area contributed by atoms with Gasteiger partial charge in [-0.05, 0) is 63.9 Å². The lowest BCUT2D eigenvalue weighted by molar-refractivity contribution is -0.152. The highest BCUT2D eigenvalue weighted by atomic mass is 19.1. The molecule has 3 aromatic rings. The van der Waals surface area contributed by atoms with Crippen LogP contribution in [0.5, 0.6) is 0 Å². The molecule has 0 spiro atoms. The van der Waals surface area contributed by atoms with E-state index in [1.807, 2.05) is 49.4 Å². The van der Waals surface area contributed by atoms with Crippen molar-refractivity contribution in [3.05, 3.63) is 59.6 Å². The number of hydrogen-bond acceptors (Lipinski definition) is 9. The highest BCUT2D eigenvalue weighted by molar-refractivity contribution is 5.79. The summed E-state index contributed by atoms with van der Waals surface area (Å²) in [5.41, 5.74) is 4.32. The lowest BCUT2D eigenvalue weighted by Gasteiger charge is -2.37. The highest BCUT2D eigenvalue weighted by Crippen LogP contribution is 2.27. The zero-order valence-corrected chi connectivity index (χ0v) is 25.0. The number of aryl methyl sites for hydroxylation is 1. The summed E-state index contributed by atoms with van der Waals surface area (Å²) in [7, 11) is 2.04. The second kappa shape index (κ2) is 15.5. The van der Waals surface area contributed by atoms with Gasteiger partial charge in [0.25, 0.3) is 0 Å². The second-order valence-electron chi connectivity index (χ2n) is 11.0. The predicted molar refractivity (Wildman–Crippen MR) is 158 cm³/mol. The van der Waals surface area contributed by atoms with Gasteiger partial charge in [0.05, 0.1) is 30.6 Å². The molecule has 1 aliphatic rings. The summed E-state index contributed by atoms with van der Waals surface area (Å²) in [6.45, 7) is 8.63. The third-order valence-electron chi connectivity index (χ3n) is 7.33. The van der Waals surface area contributed by atoms with E-state index in [0.29, 0.717) is 30.5 Å². The number of carboxylic acids is 2. The Morgan fingerprint density at radius 3 is 2.40 bits per heavy atom. The molecule has 2 aromatic heterocycles. The molecule has 1 aliphatic heterocycles. The van der Waals surface area contributed by atoms with Gasteiger partial charge in [0, 0.05) is 56.1 Å². The van der Waals surface area contributed by atoms with Gasteiger partial charge in [0.2, 0.25) is 0 Å². The van der Waals surface area contributed by atoms with Crippen LogP contribution in [0.25, 0.3) is 11.3 Å². The minimum atomic E-state index is -1.79. The second-order valence-corrected chi connectivity index (χ2v) is 11.0. The van der Waals surface area contributed by atoms with Crippen molar-refractivity contribution in [1.29, 1.82) is 0 Å². The lowest BCUT2D eigenvalue weighted by Crippen LogP contribution is -2.44. The molecule has 1 fully saturated rings. The van der Waals surface area contributed by atoms with Crippen molar-refractivity contribution >= 4 is 17.6 Å². The van der Waals surface area contributed by atoms with Crippen molar-refractivity contribution in [1.82, 2.24) is 24.6 Å². The Bertz CT molecular complexity index is 1370. The van der Waals surface area contributed by atoms with Crippen LogP contribution in [0.2, 0.25) is 0 Å². The molecule has 1 unspecified atom stereocenters. The Balaban J connectivity index is 0.000000489. The van der Waals surface area contributed by atoms with E-state index in [2.05, 4.69) is 33.7 Å². The average Bonchev–Trinajstić information content (AvgIpc) is 3.45. The SMILES string of the molecule is Cc1cnc(Cc2ccc(N3CCC(N(C)CCO)CC3)c(F)c2)nc1-c1cnn(C(C)C)c1.O=C(O)CC(O)C(=O)O. The summed E-state index contributed by atoms with van der Waals surface area (Å²) < 4.78 is 17.0. The molecule has 1 saturated heterocycles. The average molecular weight is 601 g/mol. The molecular formula is C30H41FN6O6. The molecule has 0 bridgehead atoms. The number of nitrogens with zero attached hydrogens (tertiary/aromatic N) is 6. The fourth-order valence-corrected chi connectivity index (χ4v) is 4.84. The van der Waals surface area contributed by atoms with Gasteiger partial charge in [-0.2, -0.15) is 5.10 Å². The number of carboxylic acid groups (broad SMARTS) is 2. The standard InChI is InChI=1S/C26H35FN6O.C4H6O5/c1-18(2)33-17-21(16-29-33)26-19(3)15-28-25(30-26)14-20-5-6-24(23(27)13-20)32-9-7-22(8-10-32)31(4)11-12-34;5-2(4(8)9)1-3(6)7/h5-6,13,15-18,22,34H,7-12,14H2,1-4H3;2,5H,1H2,(H,6,7)(H,8,9). The Labute approximate surface area is 250 Å². The molecule has 13 heteroatoms. The van der Waals surface area contributed by atoms with Crippen LogP contribution in [0.4, 0.5) is 10.1 Å². The fraction of sp³-hybridized carbons (Fsp3) is 0.500. The number of benzene rings is 1. The monoisotopic (exact) mass is 600 g/mol. The normalized spacial score (nSPS) is 14.5. The van der Waals surface area contributed by atoms with Gasteiger partial charge in [-0.3, -0.25) is 9.48 Å². The Morgan fingerprint density at radius 1 is 1.16 bits per heavy atom. The zero-order valence-electron chi connectivity index (χ0n) is 25.0. The van der Waals surface area contributed by atoms with E-state index >= 15 is 4.39 Å². The van der Waals surface area contributed by atoms with Crippen LogP contribution >= 0.6 is 0 Å². The van der Waals surface area contributed by atoms with Crippen LogP contribution in [0.1, 0.15) is 56.1 Å². The van der Waals surface area contributed by atoms with Gasteiger partial charge in [0.1, 0.15) is 11.6 Å². The number of aliphatic hydroxyl groups excluding tert-OH is 2. The highest BCUT2D eigenvalue weighted by Gasteiger charge is 2.24. The molecule has 234 valence electrons. The van der Waals surface area contributed by atoms with Crippen molar-refractivity contribution in [2.75, 3.05) is 38.2 Å². The van der Waals surface area contributed by atoms with E-state index < -0.39 is 24.5 Å². The molecule has 1 atom stereocenters. The van der Waals surface area contributed by atoms with Crippen LogP contribution in [0.3, 0.4) is 0 Å². The van der Waals surface area contributed by atoms with Crippen LogP contribution in [0.15, 0.2) is 36.8 Å². The summed E-state index contributed by atoms with van der Waals surface area (Å²) in [6, 6.07) is 6.18. The minimum absolute atomic E-state index is 0.167. The Kier molecular flexibility index (Phi) is 12.1. The first kappa shape index (κ1) is 33.6. The van der Waals surface area contributed by atoms with Gasteiger partial charge in [-0.15, -0.1) is 0 Å². The quantitative estimate of drug-likeness (QED) is 0.256. The molecule has 12 nitrogen and oxygen atoms in total. The topological polar surface area (TPSA) is 165 Å². The van der Waals surface area contributed by atoms with Crippen molar-refractivity contribution < 1.29 is 34.4 Å². The van der Waals surface area contributed by atoms with Gasteiger partial charge in [0.15, 0.2) is 6.10 Å². The fourth-order valence-electron chi connectivity index (χ4n) is 4.84. The molecule has 4 rings (SSSR count). The van der Waals surface area contributed by atoms with Crippen molar-refractivity contribution in [3.8, 4) is 11.3 Å². The van der Waals surface area contributed by atoms with E-state index in [1.54, 1.807) is 6.07 Å². The molecule has 1 aromatic carbocycles. The van der Waals surface area contributed by atoms with E-state index in [9.17, 15) is 9.59 Å². The van der Waals surface area contributed by atoms with Crippen LogP contribution in [0, 0.1) is 12.7 Å². The summed E-state index contributed by atoms with van der Waals surface area (Å²) in [5, 5.41) is 37.7. The first-order chi connectivity index (χ1) is 20.4. The molecule has 0 saturated carbocycles. The molecule has 43 heavy (non-hydrogen) atoms. The lowest BCUT2D eigenvalue weighted by atomic mass is 10.0. The van der Waals surface area contributed by atoms with Crippen molar-refractivity contribution in [3.63, 3.8) is 0 Å². The van der Waals surface area contributed by atoms with Gasteiger partial charge in [-0.1, -0.05) is 6.07 Å². The van der Waals surface area contributed by atoms with Crippen molar-refractivity contribution in [2.24, 2.45) is 0 Å². The number of anilines is 1. The number of likely N-dealkylation sites (N-methyl/N-ethyl adjacent to an activating group) is 1. The number of aliphatic carboxylic acids is 2. The summed E-state index contributed by atoms with van der Waals surface area (Å²) in [6.07, 6.45) is 5.51. The molecule has 4 N–H and O–H groups in total. The largest absolute Gasteiger partial charge is 0.481 e. The van der Waals surface area contributed by atoms with E-state index in [4.69, 9.17) is 25.4 Å². The third-order valence-corrected chi connectivity index (χ3v) is 7.33. The van der Waals surface area contributed by atoms with Gasteiger partial charge in [-0.25, -0.2) is 19.2 Å². The molecule has 0 amide bonds.